The molecule has 1 amide bonds. The summed E-state index contributed by atoms with van der Waals surface area (Å²) < 4.78 is 41.3. The zero-order chi connectivity index (χ0) is 15.0. The van der Waals surface area contributed by atoms with Gasteiger partial charge in [0.05, 0.1) is 11.6 Å². The highest BCUT2D eigenvalue weighted by atomic mass is 19.4. The summed E-state index contributed by atoms with van der Waals surface area (Å²) in [6.07, 6.45) is 0.437. The molecule has 3 rings (SSSR count). The summed E-state index contributed by atoms with van der Waals surface area (Å²) >= 11 is 0. The average molecular weight is 299 g/mol. The van der Waals surface area contributed by atoms with Crippen LogP contribution in [0, 0.1) is 5.92 Å². The van der Waals surface area contributed by atoms with E-state index >= 15 is 0 Å². The molecule has 1 heterocycles. The first kappa shape index (κ1) is 14.2. The number of amides is 1. The predicted octanol–water partition coefficient (Wildman–Crippen LogP) is 4.20. The number of para-hydroxylation sites is 1. The van der Waals surface area contributed by atoms with Crippen LogP contribution < -0.4 is 10.1 Å². The Morgan fingerprint density at radius 2 is 1.86 bits per heavy atom. The van der Waals surface area contributed by atoms with E-state index in [9.17, 15) is 18.0 Å². The molecule has 1 aliphatic heterocycles. The van der Waals surface area contributed by atoms with E-state index in [1.165, 1.54) is 12.1 Å². The maximum Gasteiger partial charge on any atom is 0.573 e. The van der Waals surface area contributed by atoms with Crippen molar-refractivity contribution >= 4 is 11.6 Å². The lowest BCUT2D eigenvalue weighted by atomic mass is 9.77. The van der Waals surface area contributed by atoms with Gasteiger partial charge in [0, 0.05) is 0 Å². The van der Waals surface area contributed by atoms with E-state index in [4.69, 9.17) is 0 Å². The minimum Gasteiger partial charge on any atom is -0.404 e. The Labute approximate surface area is 120 Å². The number of hydrogen-bond acceptors (Lipinski definition) is 2. The van der Waals surface area contributed by atoms with E-state index < -0.39 is 6.36 Å². The SMILES string of the molecule is O=C1Nc2c(OC(F)(F)F)cccc2C1C1CCCCC1. The minimum atomic E-state index is -4.76. The number of fused-ring (bicyclic) bond motifs is 1. The molecule has 0 aromatic heterocycles. The molecule has 0 radical (unpaired) electrons. The van der Waals surface area contributed by atoms with E-state index in [0.717, 1.165) is 32.1 Å². The Balaban J connectivity index is 1.92. The standard InChI is InChI=1S/C15H16F3NO2/c16-15(17,18)21-11-8-4-7-10-12(14(20)19-13(10)11)9-5-2-1-3-6-9/h4,7-9,12H,1-3,5-6H2,(H,19,20). The second-order valence-corrected chi connectivity index (χ2v) is 5.63. The maximum absolute atomic E-state index is 12.4. The molecule has 0 bridgehead atoms. The molecule has 21 heavy (non-hydrogen) atoms. The molecule has 1 unspecified atom stereocenters. The summed E-state index contributed by atoms with van der Waals surface area (Å²) in [5.41, 5.74) is 0.809. The molecule has 1 aromatic rings. The van der Waals surface area contributed by atoms with Gasteiger partial charge in [-0.25, -0.2) is 0 Å². The zero-order valence-electron chi connectivity index (χ0n) is 11.4. The molecular weight excluding hydrogens is 283 g/mol. The van der Waals surface area contributed by atoms with Crippen molar-refractivity contribution in [2.24, 2.45) is 5.92 Å². The molecule has 1 saturated carbocycles. The van der Waals surface area contributed by atoms with Gasteiger partial charge in [-0.15, -0.1) is 13.2 Å². The van der Waals surface area contributed by atoms with Gasteiger partial charge in [-0.1, -0.05) is 31.4 Å². The third-order valence-corrected chi connectivity index (χ3v) is 4.27. The van der Waals surface area contributed by atoms with Crippen LogP contribution in [0.2, 0.25) is 0 Å². The van der Waals surface area contributed by atoms with Crippen molar-refractivity contribution < 1.29 is 22.7 Å². The molecule has 1 fully saturated rings. The number of hydrogen-bond donors (Lipinski definition) is 1. The number of halogens is 3. The summed E-state index contributed by atoms with van der Waals surface area (Å²) in [4.78, 5) is 12.2. The summed E-state index contributed by atoms with van der Waals surface area (Å²) in [5, 5.41) is 2.57. The Kier molecular flexibility index (Phi) is 3.55. The monoisotopic (exact) mass is 299 g/mol. The lowest BCUT2D eigenvalue weighted by Gasteiger charge is -2.26. The largest absolute Gasteiger partial charge is 0.573 e. The Bertz CT molecular complexity index is 550. The molecule has 1 aromatic carbocycles. The number of nitrogens with one attached hydrogen (secondary N) is 1. The van der Waals surface area contributed by atoms with Crippen molar-refractivity contribution in [2.75, 3.05) is 5.32 Å². The van der Waals surface area contributed by atoms with Crippen LogP contribution in [0.25, 0.3) is 0 Å². The third-order valence-electron chi connectivity index (χ3n) is 4.27. The van der Waals surface area contributed by atoms with Crippen LogP contribution in [0.15, 0.2) is 18.2 Å². The molecule has 3 nitrogen and oxygen atoms in total. The van der Waals surface area contributed by atoms with E-state index in [1.807, 2.05) is 0 Å². The van der Waals surface area contributed by atoms with Crippen LogP contribution in [0.4, 0.5) is 18.9 Å². The van der Waals surface area contributed by atoms with Crippen molar-refractivity contribution in [3.8, 4) is 5.75 Å². The van der Waals surface area contributed by atoms with Crippen molar-refractivity contribution in [2.45, 2.75) is 44.4 Å². The second-order valence-electron chi connectivity index (χ2n) is 5.63. The van der Waals surface area contributed by atoms with Crippen LogP contribution in [-0.2, 0) is 4.79 Å². The lowest BCUT2D eigenvalue weighted by molar-refractivity contribution is -0.274. The molecule has 6 heteroatoms. The number of carbonyl (C=O) groups excluding carboxylic acids is 1. The maximum atomic E-state index is 12.4. The van der Waals surface area contributed by atoms with Crippen LogP contribution >= 0.6 is 0 Å². The highest BCUT2D eigenvalue weighted by Gasteiger charge is 2.40. The molecule has 1 aliphatic carbocycles. The van der Waals surface area contributed by atoms with E-state index in [-0.39, 0.29) is 29.2 Å². The predicted molar refractivity (Wildman–Crippen MR) is 71.1 cm³/mol. The van der Waals surface area contributed by atoms with E-state index in [1.54, 1.807) is 6.07 Å². The summed E-state index contributed by atoms with van der Waals surface area (Å²) in [7, 11) is 0. The summed E-state index contributed by atoms with van der Waals surface area (Å²) in [6, 6.07) is 4.46. The first-order chi connectivity index (χ1) is 9.96. The first-order valence-corrected chi connectivity index (χ1v) is 7.15. The number of carbonyl (C=O) groups is 1. The smallest absolute Gasteiger partial charge is 0.404 e. The van der Waals surface area contributed by atoms with Crippen LogP contribution in [-0.4, -0.2) is 12.3 Å². The van der Waals surface area contributed by atoms with Gasteiger partial charge in [0.1, 0.15) is 0 Å². The van der Waals surface area contributed by atoms with Crippen molar-refractivity contribution in [3.05, 3.63) is 23.8 Å². The fourth-order valence-electron chi connectivity index (χ4n) is 3.43. The Morgan fingerprint density at radius 3 is 2.52 bits per heavy atom. The number of benzene rings is 1. The molecular formula is C15H16F3NO2. The van der Waals surface area contributed by atoms with Gasteiger partial charge in [0.2, 0.25) is 5.91 Å². The van der Waals surface area contributed by atoms with Crippen molar-refractivity contribution in [1.29, 1.82) is 0 Å². The van der Waals surface area contributed by atoms with Gasteiger partial charge in [-0.2, -0.15) is 0 Å². The third kappa shape index (κ3) is 2.84. The fraction of sp³-hybridized carbons (Fsp3) is 0.533. The Hall–Kier alpha value is -1.72. The summed E-state index contributed by atoms with van der Waals surface area (Å²) in [5.74, 6) is -0.681. The zero-order valence-corrected chi connectivity index (χ0v) is 11.4. The Morgan fingerprint density at radius 1 is 1.14 bits per heavy atom. The molecule has 0 spiro atoms. The highest BCUT2D eigenvalue weighted by Crippen LogP contribution is 2.47. The summed E-state index contributed by atoms with van der Waals surface area (Å²) in [6.45, 7) is 0. The topological polar surface area (TPSA) is 38.3 Å². The van der Waals surface area contributed by atoms with Crippen LogP contribution in [0.3, 0.4) is 0 Å². The quantitative estimate of drug-likeness (QED) is 0.888. The fourth-order valence-corrected chi connectivity index (χ4v) is 3.43. The van der Waals surface area contributed by atoms with Gasteiger partial charge in [-0.3, -0.25) is 4.79 Å². The van der Waals surface area contributed by atoms with Gasteiger partial charge >= 0.3 is 6.36 Å². The highest BCUT2D eigenvalue weighted by molar-refractivity contribution is 6.04. The van der Waals surface area contributed by atoms with Crippen molar-refractivity contribution in [3.63, 3.8) is 0 Å². The number of alkyl halides is 3. The molecule has 114 valence electrons. The first-order valence-electron chi connectivity index (χ1n) is 7.15. The van der Waals surface area contributed by atoms with Gasteiger partial charge in [-0.05, 0) is 30.4 Å². The number of rotatable bonds is 2. The van der Waals surface area contributed by atoms with E-state index in [2.05, 4.69) is 10.1 Å². The number of ether oxygens (including phenoxy) is 1. The van der Waals surface area contributed by atoms with Crippen LogP contribution in [0.5, 0.6) is 5.75 Å². The minimum absolute atomic E-state index is 0.176. The van der Waals surface area contributed by atoms with Crippen molar-refractivity contribution in [1.82, 2.24) is 0 Å². The molecule has 2 aliphatic rings. The average Bonchev–Trinajstić information content (AvgIpc) is 2.75. The van der Waals surface area contributed by atoms with E-state index in [0.29, 0.717) is 5.56 Å². The molecule has 1 atom stereocenters. The lowest BCUT2D eigenvalue weighted by Crippen LogP contribution is -2.22. The van der Waals surface area contributed by atoms with Gasteiger partial charge < -0.3 is 10.1 Å². The van der Waals surface area contributed by atoms with Gasteiger partial charge in [0.15, 0.2) is 5.75 Å². The van der Waals surface area contributed by atoms with Gasteiger partial charge in [0.25, 0.3) is 0 Å². The molecule has 0 saturated heterocycles. The normalized spacial score (nSPS) is 22.8. The second kappa shape index (κ2) is 5.24. The number of anilines is 1. The van der Waals surface area contributed by atoms with Crippen LogP contribution in [0.1, 0.15) is 43.6 Å². The molecule has 1 N–H and O–H groups in total.